The highest BCUT2D eigenvalue weighted by molar-refractivity contribution is 6.18. The van der Waals surface area contributed by atoms with Gasteiger partial charge in [-0.25, -0.2) is 0 Å². The number of ether oxygens (including phenoxy) is 2. The average molecular weight is 346 g/mol. The van der Waals surface area contributed by atoms with Crippen molar-refractivity contribution in [1.82, 2.24) is 4.90 Å². The van der Waals surface area contributed by atoms with Crippen molar-refractivity contribution in [3.8, 4) is 11.5 Å². The van der Waals surface area contributed by atoms with Gasteiger partial charge in [0.05, 0.1) is 14.2 Å². The molecular weight excluding hydrogens is 322 g/mol. The summed E-state index contributed by atoms with van der Waals surface area (Å²) in [6.07, 6.45) is 0. The fourth-order valence-electron chi connectivity index (χ4n) is 3.66. The molecule has 1 aliphatic heterocycles. The molecule has 0 spiro atoms. The third kappa shape index (κ3) is 3.52. The zero-order valence-electron chi connectivity index (χ0n) is 14.2. The number of hydrogen-bond acceptors (Lipinski definition) is 3. The lowest BCUT2D eigenvalue weighted by molar-refractivity contribution is 0.318. The molecule has 2 aromatic rings. The third-order valence-electron chi connectivity index (χ3n) is 4.80. The fraction of sp³-hybridized carbons (Fsp3) is 0.400. The van der Waals surface area contributed by atoms with Gasteiger partial charge in [0, 0.05) is 37.0 Å². The first kappa shape index (κ1) is 17.1. The second-order valence-corrected chi connectivity index (χ2v) is 6.59. The molecule has 1 aliphatic rings. The van der Waals surface area contributed by atoms with Crippen LogP contribution in [0, 0.1) is 5.92 Å². The van der Waals surface area contributed by atoms with E-state index in [0.29, 0.717) is 17.7 Å². The first-order chi connectivity index (χ1) is 11.8. The second kappa shape index (κ2) is 7.91. The van der Waals surface area contributed by atoms with Crippen LogP contribution in [-0.4, -0.2) is 38.1 Å². The molecule has 0 radical (unpaired) electrons. The molecule has 4 heteroatoms. The summed E-state index contributed by atoms with van der Waals surface area (Å²) < 4.78 is 11.2. The monoisotopic (exact) mass is 345 g/mol. The average Bonchev–Trinajstić information content (AvgIpc) is 3.04. The van der Waals surface area contributed by atoms with Crippen LogP contribution in [0.25, 0.3) is 0 Å². The zero-order valence-corrected chi connectivity index (χ0v) is 15.0. The van der Waals surface area contributed by atoms with E-state index in [0.717, 1.165) is 36.7 Å². The molecule has 1 fully saturated rings. The van der Waals surface area contributed by atoms with Crippen LogP contribution < -0.4 is 9.47 Å². The molecule has 2 atom stereocenters. The summed E-state index contributed by atoms with van der Waals surface area (Å²) in [7, 11) is 3.43. The molecule has 0 aromatic heterocycles. The van der Waals surface area contributed by atoms with Gasteiger partial charge in [0.1, 0.15) is 11.5 Å². The predicted molar refractivity (Wildman–Crippen MR) is 98.2 cm³/mol. The van der Waals surface area contributed by atoms with E-state index in [1.54, 1.807) is 14.2 Å². The number of nitrogens with zero attached hydrogens (tertiary/aromatic N) is 1. The fourth-order valence-corrected chi connectivity index (χ4v) is 3.97. The maximum atomic E-state index is 6.30. The number of hydrogen-bond donors (Lipinski definition) is 0. The molecule has 0 N–H and O–H groups in total. The quantitative estimate of drug-likeness (QED) is 0.734. The van der Waals surface area contributed by atoms with E-state index in [1.807, 2.05) is 18.2 Å². The second-order valence-electron chi connectivity index (χ2n) is 6.28. The Kier molecular flexibility index (Phi) is 5.64. The van der Waals surface area contributed by atoms with Gasteiger partial charge in [-0.2, -0.15) is 0 Å². The van der Waals surface area contributed by atoms with Crippen molar-refractivity contribution in [2.24, 2.45) is 5.92 Å². The predicted octanol–water partition coefficient (Wildman–Crippen LogP) is 4.16. The van der Waals surface area contributed by atoms with Crippen molar-refractivity contribution in [1.29, 1.82) is 0 Å². The normalized spacial score (nSPS) is 21.0. The summed E-state index contributed by atoms with van der Waals surface area (Å²) in [5.74, 6) is 3.11. The number of methoxy groups -OCH3 is 2. The number of rotatable bonds is 6. The van der Waals surface area contributed by atoms with Gasteiger partial charge in [0.25, 0.3) is 0 Å². The van der Waals surface area contributed by atoms with E-state index >= 15 is 0 Å². The van der Waals surface area contributed by atoms with Gasteiger partial charge in [0.15, 0.2) is 0 Å². The first-order valence-corrected chi connectivity index (χ1v) is 8.83. The van der Waals surface area contributed by atoms with E-state index in [2.05, 4.69) is 35.2 Å². The Labute approximate surface area is 149 Å². The van der Waals surface area contributed by atoms with Crippen molar-refractivity contribution in [2.75, 3.05) is 33.2 Å². The van der Waals surface area contributed by atoms with Gasteiger partial charge in [0.2, 0.25) is 0 Å². The standard InChI is InChI=1S/C20H24ClNO2/c1-23-18-9-6-10-19(24-2)20(18)17-14-22(13-16(17)11-21)12-15-7-4-3-5-8-15/h3-10,16-17H,11-14H2,1-2H3/t16-,17-/m0/s1. The molecule has 2 aromatic carbocycles. The Morgan fingerprint density at radius 2 is 1.62 bits per heavy atom. The van der Waals surface area contributed by atoms with Crippen molar-refractivity contribution in [3.63, 3.8) is 0 Å². The minimum Gasteiger partial charge on any atom is -0.496 e. The Bertz CT molecular complexity index is 640. The molecular formula is C20H24ClNO2. The smallest absolute Gasteiger partial charge is 0.126 e. The highest BCUT2D eigenvalue weighted by Gasteiger charge is 2.36. The molecule has 1 saturated heterocycles. The van der Waals surface area contributed by atoms with Crippen LogP contribution in [0.3, 0.4) is 0 Å². The summed E-state index contributed by atoms with van der Waals surface area (Å²) in [5.41, 5.74) is 2.47. The van der Waals surface area contributed by atoms with Crippen LogP contribution in [0.15, 0.2) is 48.5 Å². The van der Waals surface area contributed by atoms with Crippen LogP contribution >= 0.6 is 11.6 Å². The largest absolute Gasteiger partial charge is 0.496 e. The van der Waals surface area contributed by atoms with Crippen LogP contribution in [0.4, 0.5) is 0 Å². The molecule has 128 valence electrons. The van der Waals surface area contributed by atoms with Crippen molar-refractivity contribution in [3.05, 3.63) is 59.7 Å². The maximum absolute atomic E-state index is 6.30. The minimum atomic E-state index is 0.317. The lowest BCUT2D eigenvalue weighted by Gasteiger charge is -2.22. The summed E-state index contributed by atoms with van der Waals surface area (Å²) in [6.45, 7) is 2.90. The summed E-state index contributed by atoms with van der Waals surface area (Å²) >= 11 is 6.30. The molecule has 0 saturated carbocycles. The van der Waals surface area contributed by atoms with Gasteiger partial charge < -0.3 is 9.47 Å². The van der Waals surface area contributed by atoms with Crippen molar-refractivity contribution in [2.45, 2.75) is 12.5 Å². The van der Waals surface area contributed by atoms with E-state index < -0.39 is 0 Å². The zero-order chi connectivity index (χ0) is 16.9. The Morgan fingerprint density at radius 1 is 0.958 bits per heavy atom. The minimum absolute atomic E-state index is 0.317. The van der Waals surface area contributed by atoms with E-state index in [9.17, 15) is 0 Å². The SMILES string of the molecule is COc1cccc(OC)c1[C@H]1CN(Cc2ccccc2)C[C@@H]1CCl. The van der Waals surface area contributed by atoms with Crippen molar-refractivity contribution >= 4 is 11.6 Å². The Balaban J connectivity index is 1.85. The molecule has 0 amide bonds. The summed E-state index contributed by atoms with van der Waals surface area (Å²) in [4.78, 5) is 2.47. The molecule has 24 heavy (non-hydrogen) atoms. The van der Waals surface area contributed by atoms with Crippen LogP contribution in [-0.2, 0) is 6.54 Å². The molecule has 3 nitrogen and oxygen atoms in total. The topological polar surface area (TPSA) is 21.7 Å². The highest BCUT2D eigenvalue weighted by Crippen LogP contribution is 2.43. The third-order valence-corrected chi connectivity index (χ3v) is 5.20. The van der Waals surface area contributed by atoms with E-state index in [1.165, 1.54) is 5.56 Å². The van der Waals surface area contributed by atoms with Crippen LogP contribution in [0.2, 0.25) is 0 Å². The molecule has 3 rings (SSSR count). The van der Waals surface area contributed by atoms with Gasteiger partial charge in [-0.15, -0.1) is 11.6 Å². The summed E-state index contributed by atoms with van der Waals surface area (Å²) in [5, 5.41) is 0. The van der Waals surface area contributed by atoms with Crippen LogP contribution in [0.1, 0.15) is 17.0 Å². The number of benzene rings is 2. The van der Waals surface area contributed by atoms with Gasteiger partial charge in [-0.05, 0) is 23.6 Å². The first-order valence-electron chi connectivity index (χ1n) is 8.30. The number of alkyl halides is 1. The Morgan fingerprint density at radius 3 is 2.21 bits per heavy atom. The van der Waals surface area contributed by atoms with Crippen molar-refractivity contribution < 1.29 is 9.47 Å². The summed E-state index contributed by atoms with van der Waals surface area (Å²) in [6, 6.07) is 16.5. The molecule has 0 aliphatic carbocycles. The molecule has 0 bridgehead atoms. The number of halogens is 1. The van der Waals surface area contributed by atoms with E-state index in [-0.39, 0.29) is 0 Å². The maximum Gasteiger partial charge on any atom is 0.126 e. The number of likely N-dealkylation sites (tertiary alicyclic amines) is 1. The van der Waals surface area contributed by atoms with E-state index in [4.69, 9.17) is 21.1 Å². The van der Waals surface area contributed by atoms with Gasteiger partial charge in [-0.3, -0.25) is 4.90 Å². The van der Waals surface area contributed by atoms with Gasteiger partial charge >= 0.3 is 0 Å². The highest BCUT2D eigenvalue weighted by atomic mass is 35.5. The molecule has 1 heterocycles. The van der Waals surface area contributed by atoms with Crippen LogP contribution in [0.5, 0.6) is 11.5 Å². The molecule has 0 unspecified atom stereocenters. The lowest BCUT2D eigenvalue weighted by atomic mass is 9.89. The van der Waals surface area contributed by atoms with Gasteiger partial charge in [-0.1, -0.05) is 36.4 Å². The Hall–Kier alpha value is -1.71. The lowest BCUT2D eigenvalue weighted by Crippen LogP contribution is -2.20.